The van der Waals surface area contributed by atoms with Crippen LogP contribution < -0.4 is 4.74 Å². The van der Waals surface area contributed by atoms with Gasteiger partial charge in [0.05, 0.1) is 6.42 Å². The fourth-order valence-corrected chi connectivity index (χ4v) is 3.79. The third kappa shape index (κ3) is 5.49. The summed E-state index contributed by atoms with van der Waals surface area (Å²) in [5, 5.41) is 0. The predicted molar refractivity (Wildman–Crippen MR) is 119 cm³/mol. The smallest absolute Gasteiger partial charge is 0.227 e. The molecular weight excluding hydrogens is 372 g/mol. The SMILES string of the molecule is O=C(Cc1ccccc1)N1CCN(Cc2ccccc2OCc2ccccc2)CC1. The highest BCUT2D eigenvalue weighted by Gasteiger charge is 2.21. The fourth-order valence-electron chi connectivity index (χ4n) is 3.79. The molecule has 4 rings (SSSR count). The van der Waals surface area contributed by atoms with Crippen molar-refractivity contribution in [3.8, 4) is 5.75 Å². The van der Waals surface area contributed by atoms with E-state index < -0.39 is 0 Å². The number of amides is 1. The number of hydrogen-bond acceptors (Lipinski definition) is 3. The highest BCUT2D eigenvalue weighted by atomic mass is 16.5. The number of benzene rings is 3. The molecule has 1 heterocycles. The lowest BCUT2D eigenvalue weighted by atomic mass is 10.1. The zero-order valence-corrected chi connectivity index (χ0v) is 17.2. The summed E-state index contributed by atoms with van der Waals surface area (Å²) < 4.78 is 6.10. The Morgan fingerprint density at radius 3 is 2.03 bits per heavy atom. The molecule has 3 aromatic carbocycles. The van der Waals surface area contributed by atoms with Gasteiger partial charge in [0, 0.05) is 38.3 Å². The quantitative estimate of drug-likeness (QED) is 0.597. The summed E-state index contributed by atoms with van der Waals surface area (Å²) in [4.78, 5) is 17.0. The molecule has 4 nitrogen and oxygen atoms in total. The average Bonchev–Trinajstić information content (AvgIpc) is 2.80. The summed E-state index contributed by atoms with van der Waals surface area (Å²) in [5.41, 5.74) is 3.43. The molecule has 1 fully saturated rings. The van der Waals surface area contributed by atoms with Crippen molar-refractivity contribution in [3.05, 3.63) is 102 Å². The van der Waals surface area contributed by atoms with Crippen LogP contribution in [0.1, 0.15) is 16.7 Å². The topological polar surface area (TPSA) is 32.8 Å². The lowest BCUT2D eigenvalue weighted by molar-refractivity contribution is -0.132. The van der Waals surface area contributed by atoms with Gasteiger partial charge in [0.2, 0.25) is 5.91 Å². The number of carbonyl (C=O) groups excluding carboxylic acids is 1. The maximum absolute atomic E-state index is 12.6. The minimum Gasteiger partial charge on any atom is -0.489 e. The van der Waals surface area contributed by atoms with Crippen molar-refractivity contribution >= 4 is 5.91 Å². The van der Waals surface area contributed by atoms with E-state index in [2.05, 4.69) is 29.2 Å². The van der Waals surface area contributed by atoms with E-state index in [1.165, 1.54) is 5.56 Å². The van der Waals surface area contributed by atoms with Gasteiger partial charge in [0.15, 0.2) is 0 Å². The van der Waals surface area contributed by atoms with Crippen molar-refractivity contribution < 1.29 is 9.53 Å². The summed E-state index contributed by atoms with van der Waals surface area (Å²) in [6, 6.07) is 28.5. The van der Waals surface area contributed by atoms with Crippen LogP contribution in [0.4, 0.5) is 0 Å². The van der Waals surface area contributed by atoms with Gasteiger partial charge in [0.1, 0.15) is 12.4 Å². The van der Waals surface area contributed by atoms with Crippen LogP contribution in [-0.4, -0.2) is 41.9 Å². The number of piperazine rings is 1. The predicted octanol–water partition coefficient (Wildman–Crippen LogP) is 4.15. The Kier molecular flexibility index (Phi) is 6.78. The van der Waals surface area contributed by atoms with E-state index in [1.807, 2.05) is 65.6 Å². The Balaban J connectivity index is 1.29. The van der Waals surface area contributed by atoms with Crippen LogP contribution >= 0.6 is 0 Å². The van der Waals surface area contributed by atoms with Gasteiger partial charge < -0.3 is 9.64 Å². The first kappa shape index (κ1) is 20.2. The number of hydrogen-bond donors (Lipinski definition) is 0. The molecule has 0 unspecified atom stereocenters. The van der Waals surface area contributed by atoms with E-state index in [4.69, 9.17) is 4.74 Å². The first-order chi connectivity index (χ1) is 14.8. The maximum Gasteiger partial charge on any atom is 0.227 e. The molecule has 0 spiro atoms. The fraction of sp³-hybridized carbons (Fsp3) is 0.269. The van der Waals surface area contributed by atoms with Crippen molar-refractivity contribution in [1.82, 2.24) is 9.80 Å². The second-order valence-electron chi connectivity index (χ2n) is 7.70. The Morgan fingerprint density at radius 2 is 1.33 bits per heavy atom. The molecular formula is C26H28N2O2. The third-order valence-electron chi connectivity index (χ3n) is 5.53. The van der Waals surface area contributed by atoms with Crippen molar-refractivity contribution in [2.45, 2.75) is 19.6 Å². The summed E-state index contributed by atoms with van der Waals surface area (Å²) >= 11 is 0. The van der Waals surface area contributed by atoms with Gasteiger partial charge in [-0.3, -0.25) is 9.69 Å². The summed E-state index contributed by atoms with van der Waals surface area (Å²) in [6.45, 7) is 4.73. The molecule has 0 saturated carbocycles. The van der Waals surface area contributed by atoms with E-state index in [1.54, 1.807) is 0 Å². The summed E-state index contributed by atoms with van der Waals surface area (Å²) in [6.07, 6.45) is 0.483. The van der Waals surface area contributed by atoms with Crippen LogP contribution in [0, 0.1) is 0 Å². The Labute approximate surface area is 178 Å². The van der Waals surface area contributed by atoms with Crippen LogP contribution in [0.25, 0.3) is 0 Å². The van der Waals surface area contributed by atoms with Crippen molar-refractivity contribution in [2.75, 3.05) is 26.2 Å². The molecule has 1 aliphatic heterocycles. The van der Waals surface area contributed by atoms with E-state index in [0.717, 1.165) is 49.6 Å². The molecule has 1 amide bonds. The van der Waals surface area contributed by atoms with Gasteiger partial charge in [-0.25, -0.2) is 0 Å². The summed E-state index contributed by atoms with van der Waals surface area (Å²) in [5.74, 6) is 1.15. The van der Waals surface area contributed by atoms with Gasteiger partial charge in [0.25, 0.3) is 0 Å². The van der Waals surface area contributed by atoms with Gasteiger partial charge >= 0.3 is 0 Å². The summed E-state index contributed by atoms with van der Waals surface area (Å²) in [7, 11) is 0. The monoisotopic (exact) mass is 400 g/mol. The van der Waals surface area contributed by atoms with Crippen LogP contribution in [0.15, 0.2) is 84.9 Å². The van der Waals surface area contributed by atoms with Gasteiger partial charge in [-0.15, -0.1) is 0 Å². The highest BCUT2D eigenvalue weighted by Crippen LogP contribution is 2.22. The van der Waals surface area contributed by atoms with Crippen molar-refractivity contribution in [2.24, 2.45) is 0 Å². The minimum atomic E-state index is 0.215. The highest BCUT2D eigenvalue weighted by molar-refractivity contribution is 5.78. The van der Waals surface area contributed by atoms with Crippen molar-refractivity contribution in [1.29, 1.82) is 0 Å². The third-order valence-corrected chi connectivity index (χ3v) is 5.53. The molecule has 30 heavy (non-hydrogen) atoms. The second kappa shape index (κ2) is 10.1. The molecule has 154 valence electrons. The largest absolute Gasteiger partial charge is 0.489 e. The second-order valence-corrected chi connectivity index (χ2v) is 7.70. The Morgan fingerprint density at radius 1 is 0.733 bits per heavy atom. The minimum absolute atomic E-state index is 0.215. The normalized spacial score (nSPS) is 14.5. The molecule has 0 aromatic heterocycles. The van der Waals surface area contributed by atoms with E-state index in [9.17, 15) is 4.79 Å². The first-order valence-electron chi connectivity index (χ1n) is 10.6. The molecule has 0 aliphatic carbocycles. The van der Waals surface area contributed by atoms with E-state index in [-0.39, 0.29) is 5.91 Å². The van der Waals surface area contributed by atoms with Crippen LogP contribution in [0.2, 0.25) is 0 Å². The number of nitrogens with zero attached hydrogens (tertiary/aromatic N) is 2. The standard InChI is InChI=1S/C26H28N2O2/c29-26(19-22-9-3-1-4-10-22)28-17-15-27(16-18-28)20-24-13-7-8-14-25(24)30-21-23-11-5-2-6-12-23/h1-14H,15-21H2. The maximum atomic E-state index is 12.6. The number of ether oxygens (including phenoxy) is 1. The molecule has 1 aliphatic rings. The number of carbonyl (C=O) groups is 1. The molecule has 0 N–H and O–H groups in total. The van der Waals surface area contributed by atoms with Crippen LogP contribution in [0.3, 0.4) is 0 Å². The van der Waals surface area contributed by atoms with E-state index >= 15 is 0 Å². The Hall–Kier alpha value is -3.11. The molecule has 0 radical (unpaired) electrons. The molecule has 3 aromatic rings. The Bertz CT molecular complexity index is 936. The average molecular weight is 401 g/mol. The van der Waals surface area contributed by atoms with Crippen LogP contribution in [0.5, 0.6) is 5.75 Å². The zero-order valence-electron chi connectivity index (χ0n) is 17.2. The van der Waals surface area contributed by atoms with Gasteiger partial charge in [-0.1, -0.05) is 78.9 Å². The number of rotatable bonds is 7. The zero-order chi connectivity index (χ0) is 20.6. The first-order valence-corrected chi connectivity index (χ1v) is 10.6. The lowest BCUT2D eigenvalue weighted by Crippen LogP contribution is -2.48. The van der Waals surface area contributed by atoms with Crippen molar-refractivity contribution in [3.63, 3.8) is 0 Å². The number of para-hydroxylation sites is 1. The molecule has 0 atom stereocenters. The molecule has 0 bridgehead atoms. The van der Waals surface area contributed by atoms with Gasteiger partial charge in [-0.05, 0) is 17.2 Å². The van der Waals surface area contributed by atoms with Crippen LogP contribution in [-0.2, 0) is 24.4 Å². The molecule has 1 saturated heterocycles. The lowest BCUT2D eigenvalue weighted by Gasteiger charge is -2.35. The molecule has 4 heteroatoms. The van der Waals surface area contributed by atoms with Gasteiger partial charge in [-0.2, -0.15) is 0 Å². The van der Waals surface area contributed by atoms with E-state index in [0.29, 0.717) is 13.0 Å².